The van der Waals surface area contributed by atoms with Crippen LogP contribution in [0.4, 0.5) is 4.79 Å². The fourth-order valence-electron chi connectivity index (χ4n) is 1.69. The van der Waals surface area contributed by atoms with E-state index in [1.54, 1.807) is 32.9 Å². The third-order valence-electron chi connectivity index (χ3n) is 2.62. The molecule has 116 valence electrons. The number of carbonyl (C=O) groups is 2. The Kier molecular flexibility index (Phi) is 5.61. The number of nitrogens with one attached hydrogen (secondary N) is 1. The monoisotopic (exact) mass is 313 g/mol. The van der Waals surface area contributed by atoms with Crippen LogP contribution < -0.4 is 5.32 Å². The molecule has 5 nitrogen and oxygen atoms in total. The highest BCUT2D eigenvalue weighted by Gasteiger charge is 2.24. The zero-order valence-electron chi connectivity index (χ0n) is 12.6. The van der Waals surface area contributed by atoms with Gasteiger partial charge in [-0.25, -0.2) is 9.59 Å². The van der Waals surface area contributed by atoms with Gasteiger partial charge in [-0.05, 0) is 44.9 Å². The number of rotatable bonds is 4. The number of alkyl carbamates (subject to hydrolysis) is 1. The summed E-state index contributed by atoms with van der Waals surface area (Å²) in [5.74, 6) is -1.14. The Balaban J connectivity index is 2.79. The summed E-state index contributed by atoms with van der Waals surface area (Å²) in [6.45, 7) is 7.01. The second-order valence-corrected chi connectivity index (χ2v) is 6.24. The minimum absolute atomic E-state index is 0.0910. The topological polar surface area (TPSA) is 75.6 Å². The van der Waals surface area contributed by atoms with E-state index in [0.717, 1.165) is 5.56 Å². The summed E-state index contributed by atoms with van der Waals surface area (Å²) in [6.07, 6.45) is -0.675. The van der Waals surface area contributed by atoms with Crippen molar-refractivity contribution >= 4 is 23.7 Å². The van der Waals surface area contributed by atoms with Crippen molar-refractivity contribution < 1.29 is 19.4 Å². The molecule has 0 aliphatic rings. The van der Waals surface area contributed by atoms with Crippen molar-refractivity contribution in [3.05, 3.63) is 34.3 Å². The van der Waals surface area contributed by atoms with Gasteiger partial charge in [0.25, 0.3) is 0 Å². The maximum Gasteiger partial charge on any atom is 0.408 e. The van der Waals surface area contributed by atoms with Crippen LogP contribution >= 0.6 is 11.6 Å². The SMILES string of the molecule is Cc1ccc(CC(NC(=O)OC(C)(C)C)C(=O)O)c(Cl)c1. The van der Waals surface area contributed by atoms with E-state index in [0.29, 0.717) is 10.6 Å². The van der Waals surface area contributed by atoms with E-state index in [-0.39, 0.29) is 6.42 Å². The summed E-state index contributed by atoms with van der Waals surface area (Å²) in [5.41, 5.74) is 0.954. The van der Waals surface area contributed by atoms with Gasteiger partial charge in [-0.2, -0.15) is 0 Å². The lowest BCUT2D eigenvalue weighted by Crippen LogP contribution is -2.44. The van der Waals surface area contributed by atoms with E-state index in [9.17, 15) is 14.7 Å². The predicted molar refractivity (Wildman–Crippen MR) is 80.7 cm³/mol. The zero-order valence-corrected chi connectivity index (χ0v) is 13.3. The van der Waals surface area contributed by atoms with Gasteiger partial charge in [-0.15, -0.1) is 0 Å². The van der Waals surface area contributed by atoms with Crippen molar-refractivity contribution in [1.82, 2.24) is 5.32 Å². The molecule has 1 amide bonds. The molecular weight excluding hydrogens is 294 g/mol. The van der Waals surface area contributed by atoms with Crippen molar-refractivity contribution in [2.75, 3.05) is 0 Å². The van der Waals surface area contributed by atoms with Gasteiger partial charge in [-0.3, -0.25) is 0 Å². The lowest BCUT2D eigenvalue weighted by molar-refractivity contribution is -0.139. The van der Waals surface area contributed by atoms with Crippen LogP contribution in [0, 0.1) is 6.92 Å². The number of aliphatic carboxylic acids is 1. The minimum atomic E-state index is -1.14. The summed E-state index contributed by atoms with van der Waals surface area (Å²) in [7, 11) is 0. The van der Waals surface area contributed by atoms with Crippen LogP contribution in [0.25, 0.3) is 0 Å². The van der Waals surface area contributed by atoms with Crippen LogP contribution in [0.1, 0.15) is 31.9 Å². The number of carboxylic acid groups (broad SMARTS) is 1. The van der Waals surface area contributed by atoms with Crippen molar-refractivity contribution in [2.45, 2.75) is 45.8 Å². The van der Waals surface area contributed by atoms with Gasteiger partial charge < -0.3 is 15.2 Å². The van der Waals surface area contributed by atoms with E-state index in [2.05, 4.69) is 5.32 Å². The van der Waals surface area contributed by atoms with Crippen LogP contribution in [-0.2, 0) is 16.0 Å². The van der Waals surface area contributed by atoms with E-state index >= 15 is 0 Å². The van der Waals surface area contributed by atoms with Crippen molar-refractivity contribution in [2.24, 2.45) is 0 Å². The highest BCUT2D eigenvalue weighted by atomic mass is 35.5. The number of amides is 1. The normalized spacial score (nSPS) is 12.6. The standard InChI is InChI=1S/C15H20ClNO4/c1-9-5-6-10(11(16)7-9)8-12(13(18)19)17-14(20)21-15(2,3)4/h5-7,12H,8H2,1-4H3,(H,17,20)(H,18,19). The summed E-state index contributed by atoms with van der Waals surface area (Å²) in [6, 6.07) is 4.25. The molecule has 0 radical (unpaired) electrons. The van der Waals surface area contributed by atoms with E-state index in [4.69, 9.17) is 16.3 Å². The first-order chi connectivity index (χ1) is 9.58. The Morgan fingerprint density at radius 3 is 2.48 bits per heavy atom. The largest absolute Gasteiger partial charge is 0.480 e. The van der Waals surface area contributed by atoms with E-state index in [1.807, 2.05) is 13.0 Å². The Hall–Kier alpha value is -1.75. The van der Waals surface area contributed by atoms with Gasteiger partial charge in [0.2, 0.25) is 0 Å². The van der Waals surface area contributed by atoms with E-state index in [1.165, 1.54) is 0 Å². The van der Waals surface area contributed by atoms with Gasteiger partial charge in [0.1, 0.15) is 11.6 Å². The van der Waals surface area contributed by atoms with Crippen molar-refractivity contribution in [3.8, 4) is 0 Å². The second-order valence-electron chi connectivity index (χ2n) is 5.84. The Labute approximate surface area is 129 Å². The molecule has 0 heterocycles. The highest BCUT2D eigenvalue weighted by Crippen LogP contribution is 2.19. The Morgan fingerprint density at radius 2 is 2.00 bits per heavy atom. The zero-order chi connectivity index (χ0) is 16.2. The van der Waals surface area contributed by atoms with Crippen LogP contribution in [0.15, 0.2) is 18.2 Å². The molecule has 6 heteroatoms. The van der Waals surface area contributed by atoms with Crippen LogP contribution in [0.3, 0.4) is 0 Å². The molecule has 1 aromatic rings. The number of halogens is 1. The lowest BCUT2D eigenvalue weighted by atomic mass is 10.0. The molecule has 0 aliphatic heterocycles. The molecule has 0 spiro atoms. The number of carboxylic acids is 1. The maximum atomic E-state index is 11.7. The number of aryl methyl sites for hydroxylation is 1. The number of ether oxygens (including phenoxy) is 1. The molecule has 2 N–H and O–H groups in total. The maximum absolute atomic E-state index is 11.7. The summed E-state index contributed by atoms with van der Waals surface area (Å²) < 4.78 is 5.06. The quantitative estimate of drug-likeness (QED) is 0.895. The molecule has 0 saturated heterocycles. The fraction of sp³-hybridized carbons (Fsp3) is 0.467. The number of benzene rings is 1. The van der Waals surface area contributed by atoms with E-state index < -0.39 is 23.7 Å². The molecular formula is C15H20ClNO4. The highest BCUT2D eigenvalue weighted by molar-refractivity contribution is 6.31. The Morgan fingerprint density at radius 1 is 1.38 bits per heavy atom. The van der Waals surface area contributed by atoms with Crippen LogP contribution in [-0.4, -0.2) is 28.8 Å². The van der Waals surface area contributed by atoms with Gasteiger partial charge in [0, 0.05) is 11.4 Å². The molecule has 0 saturated carbocycles. The van der Waals surface area contributed by atoms with Crippen LogP contribution in [0.5, 0.6) is 0 Å². The summed E-state index contributed by atoms with van der Waals surface area (Å²) >= 11 is 6.08. The first-order valence-corrected chi connectivity index (χ1v) is 6.93. The fourth-order valence-corrected chi connectivity index (χ4v) is 2.00. The third-order valence-corrected chi connectivity index (χ3v) is 2.97. The summed E-state index contributed by atoms with van der Waals surface area (Å²) in [5, 5.41) is 12.0. The molecule has 0 bridgehead atoms. The first-order valence-electron chi connectivity index (χ1n) is 6.56. The Bertz CT molecular complexity index is 537. The molecule has 0 aliphatic carbocycles. The summed E-state index contributed by atoms with van der Waals surface area (Å²) in [4.78, 5) is 22.9. The second kappa shape index (κ2) is 6.80. The average Bonchev–Trinajstić information content (AvgIpc) is 2.28. The van der Waals surface area contributed by atoms with Gasteiger partial charge in [0.15, 0.2) is 0 Å². The lowest BCUT2D eigenvalue weighted by Gasteiger charge is -2.22. The first kappa shape index (κ1) is 17.3. The molecule has 1 aromatic carbocycles. The van der Waals surface area contributed by atoms with Gasteiger partial charge >= 0.3 is 12.1 Å². The smallest absolute Gasteiger partial charge is 0.408 e. The number of hydrogen-bond donors (Lipinski definition) is 2. The number of carbonyl (C=O) groups excluding carboxylic acids is 1. The predicted octanol–water partition coefficient (Wildman–Crippen LogP) is 3.17. The minimum Gasteiger partial charge on any atom is -0.480 e. The number of hydrogen-bond acceptors (Lipinski definition) is 3. The molecule has 1 atom stereocenters. The van der Waals surface area contributed by atoms with Crippen LogP contribution in [0.2, 0.25) is 5.02 Å². The van der Waals surface area contributed by atoms with Crippen molar-refractivity contribution in [3.63, 3.8) is 0 Å². The van der Waals surface area contributed by atoms with Gasteiger partial charge in [-0.1, -0.05) is 23.7 Å². The average molecular weight is 314 g/mol. The van der Waals surface area contributed by atoms with Gasteiger partial charge in [0.05, 0.1) is 0 Å². The molecule has 1 unspecified atom stereocenters. The molecule has 1 rings (SSSR count). The molecule has 0 aromatic heterocycles. The molecule has 21 heavy (non-hydrogen) atoms. The van der Waals surface area contributed by atoms with Crippen molar-refractivity contribution in [1.29, 1.82) is 0 Å². The third kappa shape index (κ3) is 6.04. The molecule has 0 fully saturated rings.